The molecule has 0 spiro atoms. The number of aryl methyl sites for hydroxylation is 4. The molecule has 0 N–H and O–H groups in total. The van der Waals surface area contributed by atoms with E-state index in [1.807, 2.05) is 60.7 Å². The van der Waals surface area contributed by atoms with E-state index in [2.05, 4.69) is 61.1 Å². The second-order valence-corrected chi connectivity index (χ2v) is 7.44. The highest BCUT2D eigenvalue weighted by molar-refractivity contribution is 6.43. The van der Waals surface area contributed by atoms with Crippen LogP contribution < -0.4 is 0 Å². The Labute approximate surface area is 177 Å². The Morgan fingerprint density at radius 3 is 1.07 bits per heavy atom. The molecule has 0 bridgehead atoms. The molecule has 150 valence electrons. The summed E-state index contributed by atoms with van der Waals surface area (Å²) in [6.45, 7) is 8.40. The SMILES string of the molecule is Cc1ccc(C)n1C(=Nc1ccccc1)C(=Nc1ccccc1)n1c(C)ccc1C. The van der Waals surface area contributed by atoms with Gasteiger partial charge >= 0.3 is 0 Å². The third kappa shape index (κ3) is 3.90. The molecule has 0 fully saturated rings. The van der Waals surface area contributed by atoms with Gasteiger partial charge in [0.15, 0.2) is 11.7 Å². The minimum Gasteiger partial charge on any atom is -0.300 e. The van der Waals surface area contributed by atoms with Gasteiger partial charge in [0.25, 0.3) is 0 Å². The summed E-state index contributed by atoms with van der Waals surface area (Å²) >= 11 is 0. The fourth-order valence-corrected chi connectivity index (χ4v) is 3.65. The van der Waals surface area contributed by atoms with Crippen molar-refractivity contribution in [3.05, 3.63) is 108 Å². The summed E-state index contributed by atoms with van der Waals surface area (Å²) in [5, 5.41) is 0. The molecular formula is C26H26N4. The number of aromatic nitrogens is 2. The highest BCUT2D eigenvalue weighted by Gasteiger charge is 2.20. The second kappa shape index (κ2) is 8.37. The second-order valence-electron chi connectivity index (χ2n) is 7.44. The van der Waals surface area contributed by atoms with Gasteiger partial charge in [-0.2, -0.15) is 0 Å². The smallest absolute Gasteiger partial charge is 0.181 e. The summed E-state index contributed by atoms with van der Waals surface area (Å²) in [4.78, 5) is 10.2. The van der Waals surface area contributed by atoms with Crippen LogP contribution in [0.3, 0.4) is 0 Å². The van der Waals surface area contributed by atoms with Crippen molar-refractivity contribution in [1.29, 1.82) is 0 Å². The highest BCUT2D eigenvalue weighted by Crippen LogP contribution is 2.20. The molecule has 4 aromatic rings. The van der Waals surface area contributed by atoms with Crippen LogP contribution in [0.15, 0.2) is 94.9 Å². The number of hydrogen-bond acceptors (Lipinski definition) is 2. The molecular weight excluding hydrogens is 368 g/mol. The van der Waals surface area contributed by atoms with E-state index in [4.69, 9.17) is 9.98 Å². The molecule has 2 aromatic heterocycles. The zero-order valence-corrected chi connectivity index (χ0v) is 17.9. The number of aliphatic imine (C=N–C) groups is 2. The fourth-order valence-electron chi connectivity index (χ4n) is 3.65. The van der Waals surface area contributed by atoms with Crippen molar-refractivity contribution in [2.45, 2.75) is 27.7 Å². The molecule has 2 heterocycles. The lowest BCUT2D eigenvalue weighted by atomic mass is 10.3. The molecule has 0 atom stereocenters. The topological polar surface area (TPSA) is 34.6 Å². The molecule has 4 nitrogen and oxygen atoms in total. The zero-order chi connectivity index (χ0) is 21.1. The first-order valence-corrected chi connectivity index (χ1v) is 10.1. The van der Waals surface area contributed by atoms with Gasteiger partial charge in [-0.05, 0) is 76.2 Å². The van der Waals surface area contributed by atoms with Crippen LogP contribution in [0.5, 0.6) is 0 Å². The molecule has 0 radical (unpaired) electrons. The van der Waals surface area contributed by atoms with Crippen LogP contribution in [-0.4, -0.2) is 20.8 Å². The van der Waals surface area contributed by atoms with Crippen molar-refractivity contribution >= 4 is 23.0 Å². The van der Waals surface area contributed by atoms with Crippen LogP contribution in [0.4, 0.5) is 11.4 Å². The van der Waals surface area contributed by atoms with Gasteiger partial charge in [0.2, 0.25) is 0 Å². The van der Waals surface area contributed by atoms with Gasteiger partial charge in [0.05, 0.1) is 11.4 Å². The molecule has 0 amide bonds. The van der Waals surface area contributed by atoms with E-state index in [0.717, 1.165) is 45.8 Å². The molecule has 0 unspecified atom stereocenters. The third-order valence-corrected chi connectivity index (χ3v) is 5.15. The lowest BCUT2D eigenvalue weighted by molar-refractivity contribution is 0.990. The first-order valence-electron chi connectivity index (χ1n) is 10.1. The highest BCUT2D eigenvalue weighted by atomic mass is 15.2. The molecule has 0 saturated heterocycles. The Morgan fingerprint density at radius 1 is 0.467 bits per heavy atom. The van der Waals surface area contributed by atoms with Crippen LogP contribution in [0.1, 0.15) is 22.8 Å². The maximum atomic E-state index is 5.09. The van der Waals surface area contributed by atoms with E-state index in [-0.39, 0.29) is 0 Å². The van der Waals surface area contributed by atoms with Crippen molar-refractivity contribution in [3.63, 3.8) is 0 Å². The Kier molecular flexibility index (Phi) is 5.48. The maximum Gasteiger partial charge on any atom is 0.181 e. The number of hydrogen-bond donors (Lipinski definition) is 0. The van der Waals surface area contributed by atoms with E-state index in [1.54, 1.807) is 0 Å². The Hall–Kier alpha value is -3.66. The molecule has 0 aliphatic heterocycles. The first-order chi connectivity index (χ1) is 14.5. The van der Waals surface area contributed by atoms with Crippen LogP contribution in [0.25, 0.3) is 0 Å². The summed E-state index contributed by atoms with van der Waals surface area (Å²) < 4.78 is 4.35. The largest absolute Gasteiger partial charge is 0.300 e. The number of nitrogens with zero attached hydrogens (tertiary/aromatic N) is 4. The number of para-hydroxylation sites is 2. The lowest BCUT2D eigenvalue weighted by Crippen LogP contribution is -2.31. The van der Waals surface area contributed by atoms with Crippen LogP contribution in [0.2, 0.25) is 0 Å². The predicted molar refractivity (Wildman–Crippen MR) is 126 cm³/mol. The summed E-state index contributed by atoms with van der Waals surface area (Å²) in [7, 11) is 0. The quantitative estimate of drug-likeness (QED) is 0.279. The maximum absolute atomic E-state index is 5.09. The van der Waals surface area contributed by atoms with Crippen molar-refractivity contribution in [2.24, 2.45) is 9.98 Å². The molecule has 2 aromatic carbocycles. The Bertz CT molecular complexity index is 1070. The molecule has 4 rings (SSSR count). The summed E-state index contributed by atoms with van der Waals surface area (Å²) in [6.07, 6.45) is 0. The van der Waals surface area contributed by atoms with Gasteiger partial charge in [-0.3, -0.25) is 0 Å². The molecule has 0 saturated carbocycles. The summed E-state index contributed by atoms with van der Waals surface area (Å²) in [5.74, 6) is 1.60. The van der Waals surface area contributed by atoms with Gasteiger partial charge in [0, 0.05) is 22.8 Å². The predicted octanol–water partition coefficient (Wildman–Crippen LogP) is 6.38. The molecule has 4 heteroatoms. The average Bonchev–Trinajstić information content (AvgIpc) is 3.27. The Morgan fingerprint density at radius 2 is 0.767 bits per heavy atom. The molecule has 0 aliphatic carbocycles. The van der Waals surface area contributed by atoms with Crippen molar-refractivity contribution < 1.29 is 0 Å². The standard InChI is InChI=1S/C26H26N4/c1-19-15-16-20(2)29(19)25(27-23-11-7-5-8-12-23)26(28-24-13-9-6-10-14-24)30-21(3)17-18-22(30)4/h5-18H,1-4H3. The monoisotopic (exact) mass is 394 g/mol. The first kappa shape index (κ1) is 19.6. The van der Waals surface area contributed by atoms with Gasteiger partial charge in [-0.1, -0.05) is 36.4 Å². The van der Waals surface area contributed by atoms with Gasteiger partial charge in [0.1, 0.15) is 0 Å². The number of benzene rings is 2. The normalized spacial score (nSPS) is 12.4. The van der Waals surface area contributed by atoms with E-state index in [1.165, 1.54) is 0 Å². The third-order valence-electron chi connectivity index (χ3n) is 5.15. The van der Waals surface area contributed by atoms with Crippen LogP contribution in [0, 0.1) is 27.7 Å². The van der Waals surface area contributed by atoms with E-state index >= 15 is 0 Å². The van der Waals surface area contributed by atoms with E-state index in [9.17, 15) is 0 Å². The van der Waals surface area contributed by atoms with E-state index < -0.39 is 0 Å². The molecule has 0 aliphatic rings. The summed E-state index contributed by atoms with van der Waals surface area (Å²) in [6, 6.07) is 28.6. The van der Waals surface area contributed by atoms with Crippen molar-refractivity contribution in [1.82, 2.24) is 9.13 Å². The lowest BCUT2D eigenvalue weighted by Gasteiger charge is -2.19. The van der Waals surface area contributed by atoms with E-state index in [0.29, 0.717) is 0 Å². The summed E-state index contributed by atoms with van der Waals surface area (Å²) in [5.41, 5.74) is 6.25. The van der Waals surface area contributed by atoms with Crippen LogP contribution >= 0.6 is 0 Å². The molecule has 30 heavy (non-hydrogen) atoms. The van der Waals surface area contributed by atoms with Gasteiger partial charge < -0.3 is 9.13 Å². The van der Waals surface area contributed by atoms with Gasteiger partial charge in [-0.25, -0.2) is 9.98 Å². The van der Waals surface area contributed by atoms with Crippen molar-refractivity contribution in [3.8, 4) is 0 Å². The zero-order valence-electron chi connectivity index (χ0n) is 17.9. The minimum atomic E-state index is 0.799. The van der Waals surface area contributed by atoms with Gasteiger partial charge in [-0.15, -0.1) is 0 Å². The minimum absolute atomic E-state index is 0.799. The number of rotatable bonds is 2. The van der Waals surface area contributed by atoms with Crippen LogP contribution in [-0.2, 0) is 0 Å². The Balaban J connectivity index is 2.04. The fraction of sp³-hybridized carbons (Fsp3) is 0.154. The van der Waals surface area contributed by atoms with Crippen molar-refractivity contribution in [2.75, 3.05) is 0 Å². The average molecular weight is 395 g/mol.